The van der Waals surface area contributed by atoms with E-state index in [0.717, 1.165) is 62.6 Å². The predicted molar refractivity (Wildman–Crippen MR) is 95.9 cm³/mol. The van der Waals surface area contributed by atoms with Gasteiger partial charge in [0.1, 0.15) is 5.82 Å². The molecule has 136 valence electrons. The molecule has 0 spiro atoms. The van der Waals surface area contributed by atoms with Crippen LogP contribution in [-0.4, -0.2) is 42.6 Å². The van der Waals surface area contributed by atoms with E-state index in [4.69, 9.17) is 0 Å². The summed E-state index contributed by atoms with van der Waals surface area (Å²) in [5, 5.41) is 6.78. The molecule has 0 radical (unpaired) electrons. The Bertz CT molecular complexity index is 601. The Hall–Kier alpha value is -1.62. The number of carbonyl (C=O) groups is 1. The Morgan fingerprint density at radius 3 is 2.64 bits per heavy atom. The molecule has 3 fully saturated rings. The van der Waals surface area contributed by atoms with Gasteiger partial charge >= 0.3 is 6.03 Å². The summed E-state index contributed by atoms with van der Waals surface area (Å²) in [7, 11) is 0. The van der Waals surface area contributed by atoms with Crippen molar-refractivity contribution < 1.29 is 9.18 Å². The fraction of sp³-hybridized carbons (Fsp3) is 0.650. The number of nitrogens with one attached hydrogen (secondary N) is 2. The second kappa shape index (κ2) is 7.32. The Balaban J connectivity index is 1.31. The van der Waals surface area contributed by atoms with Gasteiger partial charge < -0.3 is 15.5 Å². The maximum Gasteiger partial charge on any atom is 0.317 e. The second-order valence-corrected chi connectivity index (χ2v) is 7.94. The van der Waals surface area contributed by atoms with Crippen molar-refractivity contribution in [2.24, 2.45) is 11.8 Å². The highest BCUT2D eigenvalue weighted by Gasteiger charge is 2.37. The molecule has 3 aliphatic rings. The van der Waals surface area contributed by atoms with Crippen LogP contribution >= 0.6 is 0 Å². The first-order chi connectivity index (χ1) is 12.2. The third-order valence-corrected chi connectivity index (χ3v) is 6.08. The summed E-state index contributed by atoms with van der Waals surface area (Å²) in [5.41, 5.74) is 1.08. The molecular formula is C20H28FN3O. The number of nitrogens with zero attached hydrogens (tertiary/aromatic N) is 1. The molecule has 0 bridgehead atoms. The maximum atomic E-state index is 13.0. The van der Waals surface area contributed by atoms with Crippen molar-refractivity contribution in [2.75, 3.05) is 19.6 Å². The quantitative estimate of drug-likeness (QED) is 0.862. The molecule has 1 aromatic rings. The van der Waals surface area contributed by atoms with Crippen molar-refractivity contribution in [2.45, 2.75) is 50.6 Å². The van der Waals surface area contributed by atoms with Crippen LogP contribution in [0.25, 0.3) is 0 Å². The van der Waals surface area contributed by atoms with E-state index in [-0.39, 0.29) is 11.8 Å². The lowest BCUT2D eigenvalue weighted by Gasteiger charge is -2.33. The Morgan fingerprint density at radius 1 is 1.12 bits per heavy atom. The van der Waals surface area contributed by atoms with E-state index in [1.165, 1.54) is 18.6 Å². The number of amides is 2. The maximum absolute atomic E-state index is 13.0. The zero-order valence-electron chi connectivity index (χ0n) is 14.7. The number of carbonyl (C=O) groups excluding carboxylic acids is 1. The highest BCUT2D eigenvalue weighted by atomic mass is 19.1. The topological polar surface area (TPSA) is 44.4 Å². The minimum atomic E-state index is -0.211. The second-order valence-electron chi connectivity index (χ2n) is 7.94. The van der Waals surface area contributed by atoms with Gasteiger partial charge in [-0.25, -0.2) is 9.18 Å². The summed E-state index contributed by atoms with van der Waals surface area (Å²) >= 11 is 0. The molecule has 2 aliphatic carbocycles. The Kier molecular flexibility index (Phi) is 4.93. The lowest BCUT2D eigenvalue weighted by Crippen LogP contribution is -2.48. The minimum absolute atomic E-state index is 0.0963. The fourth-order valence-electron chi connectivity index (χ4n) is 4.42. The van der Waals surface area contributed by atoms with Gasteiger partial charge in [0.15, 0.2) is 0 Å². The number of rotatable bonds is 5. The zero-order valence-corrected chi connectivity index (χ0v) is 14.7. The van der Waals surface area contributed by atoms with Gasteiger partial charge in [0.2, 0.25) is 0 Å². The molecule has 2 amide bonds. The molecule has 1 heterocycles. The number of urea groups is 1. The van der Waals surface area contributed by atoms with Crippen molar-refractivity contribution >= 4 is 6.03 Å². The van der Waals surface area contributed by atoms with Crippen LogP contribution < -0.4 is 10.6 Å². The first-order valence-electron chi connectivity index (χ1n) is 9.71. The summed E-state index contributed by atoms with van der Waals surface area (Å²) in [6.45, 7) is 2.97. The van der Waals surface area contributed by atoms with Gasteiger partial charge in [0.25, 0.3) is 0 Å². The lowest BCUT2D eigenvalue weighted by atomic mass is 9.79. The Morgan fingerprint density at radius 2 is 1.88 bits per heavy atom. The van der Waals surface area contributed by atoms with Crippen LogP contribution in [0, 0.1) is 17.7 Å². The molecule has 5 heteroatoms. The molecule has 25 heavy (non-hydrogen) atoms. The predicted octanol–water partition coefficient (Wildman–Crippen LogP) is 2.93. The molecule has 0 aromatic heterocycles. The fourth-order valence-corrected chi connectivity index (χ4v) is 4.42. The van der Waals surface area contributed by atoms with E-state index in [0.29, 0.717) is 18.6 Å². The van der Waals surface area contributed by atoms with E-state index in [2.05, 4.69) is 10.6 Å². The molecule has 4 rings (SSSR count). The standard InChI is InChI=1S/C20H28FN3O/c21-17-4-1-14(2-5-17)9-10-24(19-7-8-19)20(25)23-18-6-3-15-12-22-13-16(15)11-18/h1-2,4-5,15-16,18-19,22H,3,6-13H2,(H,23,25). The number of hydrogen-bond acceptors (Lipinski definition) is 2. The van der Waals surface area contributed by atoms with E-state index in [1.54, 1.807) is 0 Å². The van der Waals surface area contributed by atoms with Crippen molar-refractivity contribution in [3.63, 3.8) is 0 Å². The normalized spacial score (nSPS) is 28.4. The van der Waals surface area contributed by atoms with Crippen molar-refractivity contribution in [3.05, 3.63) is 35.6 Å². The molecule has 3 unspecified atom stereocenters. The molecule has 1 aliphatic heterocycles. The van der Waals surface area contributed by atoms with Crippen molar-refractivity contribution in [3.8, 4) is 0 Å². The molecule has 2 N–H and O–H groups in total. The number of halogens is 1. The SMILES string of the molecule is O=C(NC1CCC2CNCC2C1)N(CCc1ccc(F)cc1)C1CC1. The molecule has 1 saturated heterocycles. The van der Waals surface area contributed by atoms with Gasteiger partial charge in [-0.05, 0) is 81.1 Å². The highest BCUT2D eigenvalue weighted by Crippen LogP contribution is 2.33. The average Bonchev–Trinajstić information content (AvgIpc) is 3.33. The van der Waals surface area contributed by atoms with E-state index in [9.17, 15) is 9.18 Å². The van der Waals surface area contributed by atoms with Gasteiger partial charge in [-0.3, -0.25) is 0 Å². The van der Waals surface area contributed by atoms with Gasteiger partial charge in [0, 0.05) is 18.6 Å². The average molecular weight is 345 g/mol. The van der Waals surface area contributed by atoms with E-state index < -0.39 is 0 Å². The van der Waals surface area contributed by atoms with Gasteiger partial charge in [-0.1, -0.05) is 12.1 Å². The number of hydrogen-bond donors (Lipinski definition) is 2. The van der Waals surface area contributed by atoms with E-state index in [1.807, 2.05) is 17.0 Å². The van der Waals surface area contributed by atoms with E-state index >= 15 is 0 Å². The first-order valence-corrected chi connectivity index (χ1v) is 9.71. The number of benzene rings is 1. The highest BCUT2D eigenvalue weighted by molar-refractivity contribution is 5.75. The van der Waals surface area contributed by atoms with Crippen LogP contribution in [0.4, 0.5) is 9.18 Å². The smallest absolute Gasteiger partial charge is 0.317 e. The zero-order chi connectivity index (χ0) is 17.2. The third kappa shape index (κ3) is 4.14. The summed E-state index contributed by atoms with van der Waals surface area (Å²) in [4.78, 5) is 14.8. The lowest BCUT2D eigenvalue weighted by molar-refractivity contribution is 0.178. The molecular weight excluding hydrogens is 317 g/mol. The summed E-state index contributed by atoms with van der Waals surface area (Å²) in [5.74, 6) is 1.33. The van der Waals surface area contributed by atoms with Gasteiger partial charge in [-0.15, -0.1) is 0 Å². The van der Waals surface area contributed by atoms with Crippen molar-refractivity contribution in [1.82, 2.24) is 15.5 Å². The summed E-state index contributed by atoms with van der Waals surface area (Å²) < 4.78 is 13.0. The molecule has 4 nitrogen and oxygen atoms in total. The van der Waals surface area contributed by atoms with Crippen LogP contribution in [0.15, 0.2) is 24.3 Å². The third-order valence-electron chi connectivity index (χ3n) is 6.08. The summed E-state index contributed by atoms with van der Waals surface area (Å²) in [6, 6.07) is 7.42. The van der Waals surface area contributed by atoms with Gasteiger partial charge in [-0.2, -0.15) is 0 Å². The molecule has 2 saturated carbocycles. The largest absolute Gasteiger partial charge is 0.335 e. The monoisotopic (exact) mass is 345 g/mol. The first kappa shape index (κ1) is 16.8. The molecule has 1 aromatic carbocycles. The van der Waals surface area contributed by atoms with Gasteiger partial charge in [0.05, 0.1) is 0 Å². The minimum Gasteiger partial charge on any atom is -0.335 e. The van der Waals surface area contributed by atoms with Crippen LogP contribution in [0.3, 0.4) is 0 Å². The molecule has 3 atom stereocenters. The van der Waals surface area contributed by atoms with Crippen LogP contribution in [0.1, 0.15) is 37.7 Å². The number of fused-ring (bicyclic) bond motifs is 1. The summed E-state index contributed by atoms with van der Waals surface area (Å²) in [6.07, 6.45) is 6.43. The van der Waals surface area contributed by atoms with Crippen molar-refractivity contribution in [1.29, 1.82) is 0 Å². The van der Waals surface area contributed by atoms with Crippen LogP contribution in [0.2, 0.25) is 0 Å². The Labute approximate surface area is 149 Å². The van der Waals surface area contributed by atoms with Crippen LogP contribution in [0.5, 0.6) is 0 Å². The van der Waals surface area contributed by atoms with Crippen LogP contribution in [-0.2, 0) is 6.42 Å².